The van der Waals surface area contributed by atoms with Crippen LogP contribution in [0.15, 0.2) is 41.8 Å². The van der Waals surface area contributed by atoms with Crippen molar-refractivity contribution in [2.75, 3.05) is 20.3 Å². The van der Waals surface area contributed by atoms with Gasteiger partial charge in [-0.2, -0.15) is 0 Å². The van der Waals surface area contributed by atoms with Crippen molar-refractivity contribution in [2.24, 2.45) is 0 Å². The molecule has 0 spiro atoms. The Morgan fingerprint density at radius 2 is 1.95 bits per heavy atom. The molecule has 1 aromatic carbocycles. The van der Waals surface area contributed by atoms with E-state index in [4.69, 9.17) is 9.47 Å². The number of rotatable bonds is 7. The van der Waals surface area contributed by atoms with E-state index in [1.54, 1.807) is 42.7 Å². The first kappa shape index (κ1) is 14.4. The van der Waals surface area contributed by atoms with Crippen molar-refractivity contribution in [1.29, 1.82) is 0 Å². The molecule has 5 heteroatoms. The SMILES string of the molecule is COc1ccc(OCC(=O)NCCc2cccs2)cc1. The molecule has 0 radical (unpaired) electrons. The second-order valence-electron chi connectivity index (χ2n) is 4.14. The average molecular weight is 291 g/mol. The van der Waals surface area contributed by atoms with E-state index in [1.165, 1.54) is 4.88 Å². The maximum absolute atomic E-state index is 11.6. The molecular weight excluding hydrogens is 274 g/mol. The van der Waals surface area contributed by atoms with Crippen LogP contribution in [0.2, 0.25) is 0 Å². The Morgan fingerprint density at radius 3 is 2.60 bits per heavy atom. The Kier molecular flexibility index (Phi) is 5.43. The number of ether oxygens (including phenoxy) is 2. The predicted octanol–water partition coefficient (Wildman–Crippen LogP) is 2.49. The molecule has 0 bridgehead atoms. The van der Waals surface area contributed by atoms with Crippen molar-refractivity contribution in [1.82, 2.24) is 5.32 Å². The van der Waals surface area contributed by atoms with E-state index < -0.39 is 0 Å². The molecule has 1 aromatic heterocycles. The fraction of sp³-hybridized carbons (Fsp3) is 0.267. The van der Waals surface area contributed by atoms with Gasteiger partial charge >= 0.3 is 0 Å². The zero-order valence-corrected chi connectivity index (χ0v) is 12.1. The average Bonchev–Trinajstić information content (AvgIpc) is 2.99. The minimum Gasteiger partial charge on any atom is -0.497 e. The smallest absolute Gasteiger partial charge is 0.257 e. The summed E-state index contributed by atoms with van der Waals surface area (Å²) in [5, 5.41) is 4.86. The van der Waals surface area contributed by atoms with Gasteiger partial charge in [0.1, 0.15) is 11.5 Å². The quantitative estimate of drug-likeness (QED) is 0.852. The van der Waals surface area contributed by atoms with E-state index in [-0.39, 0.29) is 12.5 Å². The first-order valence-corrected chi connectivity index (χ1v) is 7.22. The number of carbonyl (C=O) groups excluding carboxylic acids is 1. The van der Waals surface area contributed by atoms with Crippen LogP contribution in [0, 0.1) is 0 Å². The minimum atomic E-state index is -0.114. The van der Waals surface area contributed by atoms with Gasteiger partial charge in [0.2, 0.25) is 0 Å². The topological polar surface area (TPSA) is 47.6 Å². The summed E-state index contributed by atoms with van der Waals surface area (Å²) < 4.78 is 10.4. The summed E-state index contributed by atoms with van der Waals surface area (Å²) in [5.74, 6) is 1.30. The van der Waals surface area contributed by atoms with Crippen molar-refractivity contribution < 1.29 is 14.3 Å². The van der Waals surface area contributed by atoms with E-state index in [0.29, 0.717) is 12.3 Å². The number of hydrogen-bond acceptors (Lipinski definition) is 4. The largest absolute Gasteiger partial charge is 0.497 e. The number of benzene rings is 1. The predicted molar refractivity (Wildman–Crippen MR) is 79.5 cm³/mol. The van der Waals surface area contributed by atoms with Gasteiger partial charge in [0.25, 0.3) is 5.91 Å². The number of thiophene rings is 1. The van der Waals surface area contributed by atoms with Gasteiger partial charge in [0, 0.05) is 11.4 Å². The molecule has 1 N–H and O–H groups in total. The Balaban J connectivity index is 1.66. The van der Waals surface area contributed by atoms with Crippen molar-refractivity contribution in [3.63, 3.8) is 0 Å². The highest BCUT2D eigenvalue weighted by Gasteiger charge is 2.03. The van der Waals surface area contributed by atoms with Crippen LogP contribution >= 0.6 is 11.3 Å². The highest BCUT2D eigenvalue weighted by atomic mass is 32.1. The van der Waals surface area contributed by atoms with Crippen LogP contribution < -0.4 is 14.8 Å². The summed E-state index contributed by atoms with van der Waals surface area (Å²) in [4.78, 5) is 12.9. The highest BCUT2D eigenvalue weighted by Crippen LogP contribution is 2.16. The van der Waals surface area contributed by atoms with E-state index in [2.05, 4.69) is 11.4 Å². The Bertz CT molecular complexity index is 523. The molecule has 0 aliphatic heterocycles. The molecule has 1 amide bonds. The second-order valence-corrected chi connectivity index (χ2v) is 5.18. The summed E-state index contributed by atoms with van der Waals surface area (Å²) in [6, 6.07) is 11.2. The van der Waals surface area contributed by atoms with Crippen LogP contribution in [0.25, 0.3) is 0 Å². The number of methoxy groups -OCH3 is 1. The van der Waals surface area contributed by atoms with Gasteiger partial charge in [-0.1, -0.05) is 6.07 Å². The first-order chi connectivity index (χ1) is 9.78. The Labute approximate surface area is 122 Å². The van der Waals surface area contributed by atoms with Crippen LogP contribution in [0.1, 0.15) is 4.88 Å². The zero-order valence-electron chi connectivity index (χ0n) is 11.3. The standard InChI is InChI=1S/C15H17NO3S/c1-18-12-4-6-13(7-5-12)19-11-15(17)16-9-8-14-3-2-10-20-14/h2-7,10H,8-9,11H2,1H3,(H,16,17). The molecule has 2 aromatic rings. The van der Waals surface area contributed by atoms with Gasteiger partial charge in [-0.3, -0.25) is 4.79 Å². The van der Waals surface area contributed by atoms with Gasteiger partial charge in [-0.25, -0.2) is 0 Å². The van der Waals surface area contributed by atoms with E-state index >= 15 is 0 Å². The van der Waals surface area contributed by atoms with Gasteiger partial charge in [-0.05, 0) is 42.1 Å². The van der Waals surface area contributed by atoms with Crippen molar-refractivity contribution in [3.05, 3.63) is 46.7 Å². The lowest BCUT2D eigenvalue weighted by molar-refractivity contribution is -0.123. The molecule has 4 nitrogen and oxygen atoms in total. The van der Waals surface area contributed by atoms with Crippen LogP contribution in [0.5, 0.6) is 11.5 Å². The molecular formula is C15H17NO3S. The summed E-state index contributed by atoms with van der Waals surface area (Å²) in [6.45, 7) is 0.655. The third-order valence-electron chi connectivity index (χ3n) is 2.70. The zero-order chi connectivity index (χ0) is 14.2. The molecule has 0 saturated carbocycles. The van der Waals surface area contributed by atoms with E-state index in [9.17, 15) is 4.79 Å². The molecule has 0 aliphatic rings. The maximum atomic E-state index is 11.6. The number of hydrogen-bond donors (Lipinski definition) is 1. The van der Waals surface area contributed by atoms with Crippen LogP contribution in [0.3, 0.4) is 0 Å². The summed E-state index contributed by atoms with van der Waals surface area (Å²) in [6.07, 6.45) is 0.853. The lowest BCUT2D eigenvalue weighted by Crippen LogP contribution is -2.30. The molecule has 1 heterocycles. The fourth-order valence-corrected chi connectivity index (χ4v) is 2.36. The van der Waals surface area contributed by atoms with Crippen molar-refractivity contribution in [3.8, 4) is 11.5 Å². The van der Waals surface area contributed by atoms with Crippen molar-refractivity contribution in [2.45, 2.75) is 6.42 Å². The van der Waals surface area contributed by atoms with E-state index in [0.717, 1.165) is 12.2 Å². The summed E-state index contributed by atoms with van der Waals surface area (Å²) in [5.41, 5.74) is 0. The van der Waals surface area contributed by atoms with Gasteiger partial charge in [0.15, 0.2) is 6.61 Å². The van der Waals surface area contributed by atoms with Gasteiger partial charge < -0.3 is 14.8 Å². The normalized spacial score (nSPS) is 10.1. The molecule has 0 fully saturated rings. The number of carbonyl (C=O) groups is 1. The van der Waals surface area contributed by atoms with Crippen LogP contribution in [-0.2, 0) is 11.2 Å². The molecule has 106 valence electrons. The number of amides is 1. The fourth-order valence-electron chi connectivity index (χ4n) is 1.65. The van der Waals surface area contributed by atoms with Gasteiger partial charge in [0.05, 0.1) is 7.11 Å². The molecule has 0 aliphatic carbocycles. The Hall–Kier alpha value is -2.01. The van der Waals surface area contributed by atoms with Gasteiger partial charge in [-0.15, -0.1) is 11.3 Å². The number of nitrogens with one attached hydrogen (secondary N) is 1. The lowest BCUT2D eigenvalue weighted by Gasteiger charge is -2.07. The first-order valence-electron chi connectivity index (χ1n) is 6.34. The third kappa shape index (κ3) is 4.59. The monoisotopic (exact) mass is 291 g/mol. The maximum Gasteiger partial charge on any atom is 0.257 e. The molecule has 20 heavy (non-hydrogen) atoms. The second kappa shape index (κ2) is 7.55. The van der Waals surface area contributed by atoms with Crippen LogP contribution in [0.4, 0.5) is 0 Å². The summed E-state index contributed by atoms with van der Waals surface area (Å²) in [7, 11) is 1.61. The van der Waals surface area contributed by atoms with E-state index in [1.807, 2.05) is 11.4 Å². The lowest BCUT2D eigenvalue weighted by atomic mass is 10.3. The van der Waals surface area contributed by atoms with Crippen molar-refractivity contribution >= 4 is 17.2 Å². The summed E-state index contributed by atoms with van der Waals surface area (Å²) >= 11 is 1.69. The van der Waals surface area contributed by atoms with Crippen LogP contribution in [-0.4, -0.2) is 26.2 Å². The molecule has 0 unspecified atom stereocenters. The minimum absolute atomic E-state index is 0.0246. The Morgan fingerprint density at radius 1 is 1.20 bits per heavy atom. The molecule has 0 atom stereocenters. The molecule has 0 saturated heterocycles. The highest BCUT2D eigenvalue weighted by molar-refractivity contribution is 7.09. The molecule has 2 rings (SSSR count). The third-order valence-corrected chi connectivity index (χ3v) is 3.64.